The van der Waals surface area contributed by atoms with E-state index < -0.39 is 0 Å². The van der Waals surface area contributed by atoms with Gasteiger partial charge in [0.1, 0.15) is 11.9 Å². The van der Waals surface area contributed by atoms with E-state index >= 15 is 0 Å². The van der Waals surface area contributed by atoms with Gasteiger partial charge in [0.15, 0.2) is 0 Å². The van der Waals surface area contributed by atoms with Gasteiger partial charge < -0.3 is 14.2 Å². The van der Waals surface area contributed by atoms with Crippen LogP contribution in [0.2, 0.25) is 0 Å². The molecule has 2 fully saturated rings. The zero-order valence-corrected chi connectivity index (χ0v) is 15.9. The van der Waals surface area contributed by atoms with E-state index in [1.807, 2.05) is 0 Å². The first-order valence-corrected chi connectivity index (χ1v) is 9.38. The molecular formula is C20H31NO4. The van der Waals surface area contributed by atoms with Gasteiger partial charge in [0.2, 0.25) is 0 Å². The van der Waals surface area contributed by atoms with Crippen molar-refractivity contribution < 1.29 is 19.0 Å². The highest BCUT2D eigenvalue weighted by Gasteiger charge is 2.54. The van der Waals surface area contributed by atoms with Gasteiger partial charge >= 0.3 is 5.97 Å². The fourth-order valence-corrected chi connectivity index (χ4v) is 4.11. The Morgan fingerprint density at radius 1 is 1.40 bits per heavy atom. The molecule has 2 aliphatic carbocycles. The van der Waals surface area contributed by atoms with Crippen molar-refractivity contribution in [3.63, 3.8) is 0 Å². The summed E-state index contributed by atoms with van der Waals surface area (Å²) < 4.78 is 16.3. The maximum absolute atomic E-state index is 11.3. The summed E-state index contributed by atoms with van der Waals surface area (Å²) in [5.74, 6) is 1.50. The van der Waals surface area contributed by atoms with Crippen molar-refractivity contribution in [3.05, 3.63) is 23.5 Å². The second-order valence-corrected chi connectivity index (χ2v) is 7.88. The van der Waals surface area contributed by atoms with Crippen molar-refractivity contribution in [2.75, 3.05) is 33.9 Å². The van der Waals surface area contributed by atoms with Gasteiger partial charge in [0, 0.05) is 43.7 Å². The molecule has 1 aliphatic heterocycles. The van der Waals surface area contributed by atoms with Crippen molar-refractivity contribution in [3.8, 4) is 0 Å². The minimum absolute atomic E-state index is 0.0438. The number of esters is 1. The van der Waals surface area contributed by atoms with E-state index in [2.05, 4.69) is 30.9 Å². The number of carbonyl (C=O) groups is 1. The Morgan fingerprint density at radius 2 is 2.20 bits per heavy atom. The summed E-state index contributed by atoms with van der Waals surface area (Å²) in [6, 6.07) is 0.469. The fourth-order valence-electron chi connectivity index (χ4n) is 4.11. The molecule has 3 rings (SSSR count). The summed E-state index contributed by atoms with van der Waals surface area (Å²) in [6.45, 7) is 7.08. The van der Waals surface area contributed by atoms with Gasteiger partial charge in [-0.05, 0) is 45.1 Å². The summed E-state index contributed by atoms with van der Waals surface area (Å²) in [7, 11) is 3.46. The SMILES string of the molecule is COCC1=C[C@@H]2C[C@@]2(CN(CC[C@@H]2CCC(=O)O2)C(C)C)C=C1OC. The third kappa shape index (κ3) is 4.09. The van der Waals surface area contributed by atoms with Crippen LogP contribution in [0.1, 0.15) is 39.5 Å². The molecule has 0 aromatic carbocycles. The highest BCUT2D eigenvalue weighted by Crippen LogP contribution is 2.59. The van der Waals surface area contributed by atoms with Crippen molar-refractivity contribution in [2.24, 2.45) is 11.3 Å². The molecule has 5 nitrogen and oxygen atoms in total. The average Bonchev–Trinajstić information content (AvgIpc) is 3.11. The highest BCUT2D eigenvalue weighted by atomic mass is 16.5. The molecule has 5 heteroatoms. The molecule has 1 saturated carbocycles. The van der Waals surface area contributed by atoms with Crippen molar-refractivity contribution >= 4 is 5.97 Å². The van der Waals surface area contributed by atoms with Crippen LogP contribution in [-0.4, -0.2) is 56.9 Å². The lowest BCUT2D eigenvalue weighted by Crippen LogP contribution is -2.38. The Morgan fingerprint density at radius 3 is 2.80 bits per heavy atom. The van der Waals surface area contributed by atoms with Crippen molar-refractivity contribution in [2.45, 2.75) is 51.7 Å². The van der Waals surface area contributed by atoms with Crippen LogP contribution < -0.4 is 0 Å². The number of ether oxygens (including phenoxy) is 3. The van der Waals surface area contributed by atoms with Gasteiger partial charge in [-0.2, -0.15) is 0 Å². The van der Waals surface area contributed by atoms with E-state index in [4.69, 9.17) is 14.2 Å². The number of methoxy groups -OCH3 is 2. The molecule has 140 valence electrons. The number of hydrogen-bond donors (Lipinski definition) is 0. The largest absolute Gasteiger partial charge is 0.497 e. The molecule has 0 unspecified atom stereocenters. The fraction of sp³-hybridized carbons (Fsp3) is 0.750. The van der Waals surface area contributed by atoms with Crippen molar-refractivity contribution in [1.29, 1.82) is 0 Å². The van der Waals surface area contributed by atoms with E-state index in [1.54, 1.807) is 14.2 Å². The first-order valence-electron chi connectivity index (χ1n) is 9.38. The molecule has 3 atom stereocenters. The molecule has 1 heterocycles. The summed E-state index contributed by atoms with van der Waals surface area (Å²) in [4.78, 5) is 13.8. The number of cyclic esters (lactones) is 1. The Kier molecular flexibility index (Phi) is 5.54. The zero-order valence-electron chi connectivity index (χ0n) is 15.9. The third-order valence-electron chi connectivity index (χ3n) is 5.77. The van der Waals surface area contributed by atoms with Crippen LogP contribution in [0, 0.1) is 11.3 Å². The number of carbonyl (C=O) groups excluding carboxylic acids is 1. The summed E-state index contributed by atoms with van der Waals surface area (Å²) in [6.07, 6.45) is 8.30. The third-order valence-corrected chi connectivity index (χ3v) is 5.77. The first-order chi connectivity index (χ1) is 12.0. The quantitative estimate of drug-likeness (QED) is 0.599. The normalized spacial score (nSPS) is 30.9. The minimum atomic E-state index is -0.0438. The second-order valence-electron chi connectivity index (χ2n) is 7.88. The molecule has 25 heavy (non-hydrogen) atoms. The molecule has 1 saturated heterocycles. The topological polar surface area (TPSA) is 48.0 Å². The smallest absolute Gasteiger partial charge is 0.306 e. The molecular weight excluding hydrogens is 318 g/mol. The van der Waals surface area contributed by atoms with E-state index in [0.29, 0.717) is 25.0 Å². The van der Waals surface area contributed by atoms with Gasteiger partial charge in [0.25, 0.3) is 0 Å². The van der Waals surface area contributed by atoms with Crippen molar-refractivity contribution in [1.82, 2.24) is 4.90 Å². The lowest BCUT2D eigenvalue weighted by Gasteiger charge is -2.32. The highest BCUT2D eigenvalue weighted by molar-refractivity contribution is 5.71. The maximum Gasteiger partial charge on any atom is 0.306 e. The Hall–Kier alpha value is -1.33. The van der Waals surface area contributed by atoms with Crippen LogP contribution in [0.5, 0.6) is 0 Å². The number of rotatable bonds is 9. The standard InChI is InChI=1S/C20H31NO4/c1-14(2)21(8-7-17-5-6-19(22)25-17)13-20-10-16(20)9-15(12-23-3)18(11-20)24-4/h9,11,14,16-17H,5-8,10,12-13H2,1-4H3/t16-,17+,20+/m1/s1. The summed E-state index contributed by atoms with van der Waals surface area (Å²) >= 11 is 0. The second kappa shape index (κ2) is 7.50. The molecule has 3 aliphatic rings. The van der Waals surface area contributed by atoms with Crippen LogP contribution in [0.25, 0.3) is 0 Å². The first kappa shape index (κ1) is 18.5. The van der Waals surface area contributed by atoms with Gasteiger partial charge in [-0.25, -0.2) is 0 Å². The lowest BCUT2D eigenvalue weighted by molar-refractivity contribution is -0.141. The van der Waals surface area contributed by atoms with Gasteiger partial charge in [-0.15, -0.1) is 0 Å². The van der Waals surface area contributed by atoms with Crippen LogP contribution >= 0.6 is 0 Å². The maximum atomic E-state index is 11.3. The molecule has 0 aromatic rings. The summed E-state index contributed by atoms with van der Waals surface area (Å²) in [5, 5.41) is 0. The lowest BCUT2D eigenvalue weighted by atomic mass is 9.93. The molecule has 0 amide bonds. The van der Waals surface area contributed by atoms with Crippen LogP contribution in [0.4, 0.5) is 0 Å². The zero-order chi connectivity index (χ0) is 18.0. The Bertz CT molecular complexity index is 568. The monoisotopic (exact) mass is 349 g/mol. The Balaban J connectivity index is 1.61. The number of hydrogen-bond acceptors (Lipinski definition) is 5. The predicted molar refractivity (Wildman–Crippen MR) is 96.0 cm³/mol. The molecule has 0 aromatic heterocycles. The molecule has 0 spiro atoms. The molecule has 0 radical (unpaired) electrons. The van der Waals surface area contributed by atoms with E-state index in [0.717, 1.165) is 37.3 Å². The van der Waals surface area contributed by atoms with E-state index in [-0.39, 0.29) is 17.5 Å². The molecule has 0 bridgehead atoms. The average molecular weight is 349 g/mol. The number of fused-ring (bicyclic) bond motifs is 1. The van der Waals surface area contributed by atoms with Crippen LogP contribution in [0.3, 0.4) is 0 Å². The summed E-state index contributed by atoms with van der Waals surface area (Å²) in [5.41, 5.74) is 1.36. The Labute approximate surface area is 151 Å². The number of nitrogens with zero attached hydrogens (tertiary/aromatic N) is 1. The van der Waals surface area contributed by atoms with E-state index in [1.165, 1.54) is 6.42 Å². The van der Waals surface area contributed by atoms with Gasteiger partial charge in [0.05, 0.1) is 13.7 Å². The van der Waals surface area contributed by atoms with Crippen LogP contribution in [0.15, 0.2) is 23.5 Å². The number of allylic oxidation sites excluding steroid dienone is 1. The molecule has 0 N–H and O–H groups in total. The predicted octanol–water partition coefficient (Wildman–Crippen LogP) is 2.92. The minimum Gasteiger partial charge on any atom is -0.497 e. The van der Waals surface area contributed by atoms with Gasteiger partial charge in [-0.1, -0.05) is 6.08 Å². The van der Waals surface area contributed by atoms with Crippen LogP contribution in [-0.2, 0) is 19.0 Å². The van der Waals surface area contributed by atoms with Gasteiger partial charge in [-0.3, -0.25) is 9.69 Å². The van der Waals surface area contributed by atoms with E-state index in [9.17, 15) is 4.79 Å².